The maximum absolute atomic E-state index is 15.4. The van der Waals surface area contributed by atoms with Crippen molar-refractivity contribution in [3.63, 3.8) is 0 Å². The largest absolute Gasteiger partial charge is 0.707 e. The van der Waals surface area contributed by atoms with Crippen LogP contribution in [0, 0.1) is 145 Å². The number of nitrogens with two attached hydrogens (primary N) is 1. The molecule has 0 bridgehead atoms. The molecule has 11 rings (SSSR count). The standard InChI is InChI=1S/C24BF20.3C12H23N.C6H2BF5O3/c26-5-1(6(27)14(35)21(42)13(5)34)25(2-7(28)15(36)22(43)16(37)8(2)29,3-9(30)17(38)23(44)18(39)10(3)31)4-11(32)19(40)24(45)20(41)12(4)33;3*1-3-7-11(8-4-1)13-12-9-5-2-6-10-12;8-1-2(9)4(11)6(15-7(13)14)5(12)3(1)10/h;3*11-13H,1-10H2;13-14H/q-1;;;;/p+1. The van der Waals surface area contributed by atoms with Crippen molar-refractivity contribution in [2.45, 2.75) is 229 Å². The lowest BCUT2D eigenvalue weighted by Crippen LogP contribution is -2.95. The second-order valence-electron chi connectivity index (χ2n) is 25.8. The van der Waals surface area contributed by atoms with Crippen LogP contribution >= 0.6 is 0 Å². The summed E-state index contributed by atoms with van der Waals surface area (Å²) in [5.74, 6) is -84.5. The van der Waals surface area contributed by atoms with Crippen molar-refractivity contribution >= 4 is 35.3 Å². The average Bonchev–Trinajstić information content (AvgIpc) is 0.681. The van der Waals surface area contributed by atoms with Crippen molar-refractivity contribution in [2.24, 2.45) is 0 Å². The smallest absolute Gasteiger partial charge is 0.507 e. The van der Waals surface area contributed by atoms with E-state index in [2.05, 4.69) is 20.6 Å². The van der Waals surface area contributed by atoms with Gasteiger partial charge in [-0.05, 0) is 103 Å². The zero-order valence-corrected chi connectivity index (χ0v) is 53.2. The summed E-state index contributed by atoms with van der Waals surface area (Å²) >= 11 is 0. The molecule has 550 valence electrons. The lowest BCUT2D eigenvalue weighted by Gasteiger charge is -2.44. The van der Waals surface area contributed by atoms with E-state index >= 15 is 35.1 Å². The number of quaternary nitrogens is 1. The highest BCUT2D eigenvalue weighted by atomic mass is 19.2. The van der Waals surface area contributed by atoms with Crippen LogP contribution in [-0.2, 0) is 0 Å². The molecule has 0 unspecified atom stereocenters. The van der Waals surface area contributed by atoms with E-state index in [1.807, 2.05) is 0 Å². The minimum Gasteiger partial charge on any atom is -0.507 e. The lowest BCUT2D eigenvalue weighted by atomic mass is 9.12. The molecule has 6 nitrogen and oxygen atoms in total. The molecule has 6 fully saturated rings. The lowest BCUT2D eigenvalue weighted by molar-refractivity contribution is -0.725. The second kappa shape index (κ2) is 36.3. The molecule has 0 heterocycles. The van der Waals surface area contributed by atoms with Crippen LogP contribution in [-0.4, -0.2) is 59.8 Å². The van der Waals surface area contributed by atoms with Crippen LogP contribution in [0.2, 0.25) is 0 Å². The molecule has 6 saturated carbocycles. The Kier molecular flexibility index (Phi) is 29.5. The van der Waals surface area contributed by atoms with Gasteiger partial charge in [-0.25, -0.2) is 101 Å². The molecule has 6 aliphatic rings. The third-order valence-electron chi connectivity index (χ3n) is 19.3. The van der Waals surface area contributed by atoms with Gasteiger partial charge in [-0.15, -0.1) is 21.9 Å². The number of nitrogens with one attached hydrogen (secondary N) is 2. The van der Waals surface area contributed by atoms with Gasteiger partial charge in [0.15, 0.2) is 75.6 Å². The van der Waals surface area contributed by atoms with Gasteiger partial charge in [0.25, 0.3) is 0 Å². The number of hydrogen-bond acceptors (Lipinski definition) is 5. The molecule has 5 aromatic rings. The Bertz CT molecular complexity index is 3020. The van der Waals surface area contributed by atoms with E-state index in [1.165, 1.54) is 193 Å². The van der Waals surface area contributed by atoms with Crippen molar-refractivity contribution in [3.05, 3.63) is 145 Å². The summed E-state index contributed by atoms with van der Waals surface area (Å²) in [4.78, 5) is 0. The minimum atomic E-state index is -7.22. The third-order valence-corrected chi connectivity index (χ3v) is 19.3. The minimum absolute atomic E-state index is 0.872. The van der Waals surface area contributed by atoms with E-state index in [0.717, 1.165) is 36.3 Å². The zero-order chi connectivity index (χ0) is 72.9. The molecule has 0 spiro atoms. The van der Waals surface area contributed by atoms with E-state index in [4.69, 9.17) is 10.0 Å². The molecule has 6 aliphatic carbocycles. The fourth-order valence-corrected chi connectivity index (χ4v) is 14.4. The van der Waals surface area contributed by atoms with Gasteiger partial charge < -0.3 is 30.7 Å². The molecular weight excluding hydrogens is 1380 g/mol. The summed E-state index contributed by atoms with van der Waals surface area (Å²) in [5, 5.41) is 26.8. The predicted molar refractivity (Wildman–Crippen MR) is 316 cm³/mol. The molecule has 99 heavy (non-hydrogen) atoms. The molecule has 5 aromatic carbocycles. The Labute approximate surface area is 554 Å². The van der Waals surface area contributed by atoms with Crippen LogP contribution in [0.5, 0.6) is 5.75 Å². The van der Waals surface area contributed by atoms with E-state index in [9.17, 15) is 74.6 Å². The number of rotatable bonds is 12. The van der Waals surface area contributed by atoms with Gasteiger partial charge in [-0.3, -0.25) is 0 Å². The van der Waals surface area contributed by atoms with E-state index < -0.39 is 186 Å². The first-order chi connectivity index (χ1) is 46.9. The Morgan fingerprint density at radius 2 is 0.404 bits per heavy atom. The van der Waals surface area contributed by atoms with Crippen LogP contribution in [0.25, 0.3) is 0 Å². The summed E-state index contributed by atoms with van der Waals surface area (Å²) < 4.78 is 360. The number of halogens is 25. The fraction of sp³-hybridized carbons (Fsp3) is 0.545. The molecular formula is C66H72B2F25N3O3. The fourth-order valence-electron chi connectivity index (χ4n) is 14.4. The quantitative estimate of drug-likeness (QED) is 0.0372. The molecule has 6 N–H and O–H groups in total. The van der Waals surface area contributed by atoms with Crippen molar-refractivity contribution in [1.29, 1.82) is 0 Å². The highest BCUT2D eigenvalue weighted by Crippen LogP contribution is 2.34. The summed E-state index contributed by atoms with van der Waals surface area (Å²) in [5.41, 5.74) is -14.3. The van der Waals surface area contributed by atoms with Crippen LogP contribution in [0.15, 0.2) is 0 Å². The SMILES string of the molecule is C1CCC(NC2CCCCC2)CC1.C1CCC(NC2CCCCC2)CC1.C1CCC([NH2+]C2CCCCC2)CC1.Fc1c(F)c(F)c([B-](c2c(F)c(F)c(F)c(F)c2F)(c2c(F)c(F)c(F)c(F)c2F)c2c(F)c(F)c(F)c(F)c2F)c(F)c1F.OB(O)Oc1c(F)c(F)c(F)c(F)c1F. The Balaban J connectivity index is 0.000000204. The van der Waals surface area contributed by atoms with Gasteiger partial charge in [-0.1, -0.05) is 89.9 Å². The molecule has 0 atom stereocenters. The van der Waals surface area contributed by atoms with Gasteiger partial charge in [0.05, 0.1) is 12.1 Å². The maximum Gasteiger partial charge on any atom is 0.707 e. The molecule has 0 radical (unpaired) electrons. The Hall–Kier alpha value is -5.92. The highest BCUT2D eigenvalue weighted by molar-refractivity contribution is 7.20. The van der Waals surface area contributed by atoms with Gasteiger partial charge in [-0.2, -0.15) is 8.78 Å². The first kappa shape index (κ1) is 80.4. The monoisotopic (exact) mass is 1450 g/mol. The highest BCUT2D eigenvalue weighted by Gasteiger charge is 2.52. The zero-order valence-electron chi connectivity index (χ0n) is 53.2. The van der Waals surface area contributed by atoms with E-state index in [0.29, 0.717) is 0 Å². The van der Waals surface area contributed by atoms with Crippen LogP contribution in [0.4, 0.5) is 110 Å². The maximum atomic E-state index is 15.4. The summed E-state index contributed by atoms with van der Waals surface area (Å²) in [6.45, 7) is 0. The first-order valence-electron chi connectivity index (χ1n) is 33.1. The van der Waals surface area contributed by atoms with Crippen molar-refractivity contribution in [2.75, 3.05) is 0 Å². The number of hydrogen-bond donors (Lipinski definition) is 5. The van der Waals surface area contributed by atoms with Crippen LogP contribution in [0.3, 0.4) is 0 Å². The van der Waals surface area contributed by atoms with Gasteiger partial charge in [0.2, 0.25) is 29.1 Å². The van der Waals surface area contributed by atoms with E-state index in [1.54, 1.807) is 0 Å². The molecule has 0 saturated heterocycles. The predicted octanol–water partition coefficient (Wildman–Crippen LogP) is 15.3. The third kappa shape index (κ3) is 18.3. The molecule has 0 aliphatic heterocycles. The number of benzene rings is 5. The van der Waals surface area contributed by atoms with Crippen LogP contribution < -0.4 is 42.5 Å². The van der Waals surface area contributed by atoms with Gasteiger partial charge in [0.1, 0.15) is 52.7 Å². The average molecular weight is 1450 g/mol. The first-order valence-corrected chi connectivity index (χ1v) is 33.1. The molecule has 0 amide bonds. The van der Waals surface area contributed by atoms with E-state index in [-0.39, 0.29) is 0 Å². The second-order valence-corrected chi connectivity index (χ2v) is 25.8. The van der Waals surface area contributed by atoms with Gasteiger partial charge in [0, 0.05) is 24.2 Å². The van der Waals surface area contributed by atoms with Crippen molar-refractivity contribution < 1.29 is 130 Å². The summed E-state index contributed by atoms with van der Waals surface area (Å²) in [6, 6.07) is 5.48. The van der Waals surface area contributed by atoms with Crippen molar-refractivity contribution in [3.8, 4) is 5.75 Å². The Morgan fingerprint density at radius 3 is 0.586 bits per heavy atom. The summed E-state index contributed by atoms with van der Waals surface area (Å²) in [7, 11) is -2.70. The summed E-state index contributed by atoms with van der Waals surface area (Å²) in [6.07, 6.45) is 36.9. The van der Waals surface area contributed by atoms with Crippen molar-refractivity contribution in [1.82, 2.24) is 10.6 Å². The van der Waals surface area contributed by atoms with Crippen LogP contribution in [0.1, 0.15) is 193 Å². The van der Waals surface area contributed by atoms with Gasteiger partial charge >= 0.3 is 7.32 Å². The topological polar surface area (TPSA) is 90.4 Å². The molecule has 33 heteroatoms. The molecule has 0 aromatic heterocycles. The Morgan fingerprint density at radius 1 is 0.242 bits per heavy atom. The normalized spacial score (nSPS) is 17.9.